The molecule has 1 N–H and O–H groups in total. The maximum absolute atomic E-state index is 12.8. The maximum Gasteiger partial charge on any atom is 0.242 e. The van der Waals surface area contributed by atoms with Crippen molar-refractivity contribution in [2.24, 2.45) is 0 Å². The highest BCUT2D eigenvalue weighted by Gasteiger charge is 2.17. The van der Waals surface area contributed by atoms with Gasteiger partial charge in [0, 0.05) is 17.6 Å². The second-order valence-electron chi connectivity index (χ2n) is 3.34. The molecule has 0 saturated carbocycles. The van der Waals surface area contributed by atoms with E-state index < -0.39 is 15.8 Å². The molecule has 90 valence electrons. The lowest BCUT2D eigenvalue weighted by Crippen LogP contribution is -2.32. The second-order valence-corrected chi connectivity index (χ2v) is 5.85. The van der Waals surface area contributed by atoms with Crippen LogP contribution in [0.5, 0.6) is 0 Å². The molecule has 0 radical (unpaired) electrons. The summed E-state index contributed by atoms with van der Waals surface area (Å²) in [4.78, 5) is 3.34. The van der Waals surface area contributed by atoms with E-state index >= 15 is 0 Å². The van der Waals surface area contributed by atoms with Gasteiger partial charge in [-0.1, -0.05) is 15.9 Å². The molecule has 0 bridgehead atoms. The number of hydrogen-bond acceptors (Lipinski definition) is 3. The third-order valence-electron chi connectivity index (χ3n) is 1.89. The molecule has 0 spiro atoms. The minimum Gasteiger partial charge on any atom is -0.260 e. The predicted octanol–water partition coefficient (Wildman–Crippen LogP) is 1.67. The summed E-state index contributed by atoms with van der Waals surface area (Å²) < 4.78 is 38.7. The molecular weight excluding hydrogens is 299 g/mol. The lowest BCUT2D eigenvalue weighted by Gasteiger charge is -2.12. The topological polar surface area (TPSA) is 59.1 Å². The van der Waals surface area contributed by atoms with Crippen LogP contribution < -0.4 is 4.72 Å². The molecule has 4 nitrogen and oxygen atoms in total. The summed E-state index contributed by atoms with van der Waals surface area (Å²) in [6, 6.07) is 0.726. The Balaban J connectivity index is 2.86. The van der Waals surface area contributed by atoms with Crippen molar-refractivity contribution in [3.63, 3.8) is 0 Å². The molecule has 0 amide bonds. The van der Waals surface area contributed by atoms with Crippen LogP contribution in [0.25, 0.3) is 0 Å². The quantitative estimate of drug-likeness (QED) is 0.842. The van der Waals surface area contributed by atoms with E-state index in [-0.39, 0.29) is 10.9 Å². The smallest absolute Gasteiger partial charge is 0.242 e. The van der Waals surface area contributed by atoms with Crippen molar-refractivity contribution in [3.8, 4) is 0 Å². The summed E-state index contributed by atoms with van der Waals surface area (Å²) in [6.07, 6.45) is 2.73. The van der Waals surface area contributed by atoms with Gasteiger partial charge in [0.2, 0.25) is 10.0 Å². The van der Waals surface area contributed by atoms with Gasteiger partial charge in [-0.15, -0.1) is 0 Å². The van der Waals surface area contributed by atoms with E-state index in [1.807, 2.05) is 0 Å². The summed E-state index contributed by atoms with van der Waals surface area (Å²) >= 11 is 3.22. The van der Waals surface area contributed by atoms with Crippen LogP contribution >= 0.6 is 15.9 Å². The van der Waals surface area contributed by atoms with Gasteiger partial charge < -0.3 is 0 Å². The zero-order chi connectivity index (χ0) is 12.2. The second kappa shape index (κ2) is 5.70. The summed E-state index contributed by atoms with van der Waals surface area (Å²) in [5.74, 6) is -0.670. The number of alkyl halides is 1. The molecule has 0 fully saturated rings. The van der Waals surface area contributed by atoms with Gasteiger partial charge in [0.15, 0.2) is 0 Å². The van der Waals surface area contributed by atoms with Crippen molar-refractivity contribution >= 4 is 26.0 Å². The van der Waals surface area contributed by atoms with Crippen LogP contribution in [0.1, 0.15) is 13.3 Å². The molecule has 1 atom stereocenters. The average molecular weight is 311 g/mol. The summed E-state index contributed by atoms with van der Waals surface area (Å²) in [7, 11) is -3.68. The zero-order valence-corrected chi connectivity index (χ0v) is 11.1. The zero-order valence-electron chi connectivity index (χ0n) is 8.65. The summed E-state index contributed by atoms with van der Waals surface area (Å²) in [5.41, 5.74) is 0. The van der Waals surface area contributed by atoms with Crippen molar-refractivity contribution in [1.82, 2.24) is 9.71 Å². The SMILES string of the molecule is CC(CCBr)NS(=O)(=O)c1cncc(F)c1. The molecule has 0 aliphatic heterocycles. The lowest BCUT2D eigenvalue weighted by molar-refractivity contribution is 0.554. The standard InChI is InChI=1S/C9H12BrFN2O2S/c1-7(2-3-10)13-16(14,15)9-4-8(11)5-12-6-9/h4-7,13H,2-3H2,1H3. The van der Waals surface area contributed by atoms with E-state index in [0.29, 0.717) is 11.8 Å². The summed E-state index contributed by atoms with van der Waals surface area (Å²) in [5, 5.41) is 0.693. The van der Waals surface area contributed by atoms with Crippen molar-refractivity contribution < 1.29 is 12.8 Å². The normalized spacial score (nSPS) is 13.7. The number of aromatic nitrogens is 1. The fourth-order valence-electron chi connectivity index (χ4n) is 1.09. The number of nitrogens with one attached hydrogen (secondary N) is 1. The van der Waals surface area contributed by atoms with Crippen LogP contribution in [0.4, 0.5) is 4.39 Å². The Bertz CT molecular complexity index is 453. The Labute approximate surface area is 102 Å². The fourth-order valence-corrected chi connectivity index (χ4v) is 3.03. The first-order valence-electron chi connectivity index (χ1n) is 4.64. The lowest BCUT2D eigenvalue weighted by atomic mass is 10.3. The van der Waals surface area contributed by atoms with Crippen LogP contribution in [0.3, 0.4) is 0 Å². The molecule has 1 aromatic heterocycles. The number of pyridine rings is 1. The number of nitrogens with zero attached hydrogens (tertiary/aromatic N) is 1. The van der Waals surface area contributed by atoms with Gasteiger partial charge in [0.1, 0.15) is 10.7 Å². The van der Waals surface area contributed by atoms with E-state index in [4.69, 9.17) is 0 Å². The van der Waals surface area contributed by atoms with Gasteiger partial charge in [0.25, 0.3) is 0 Å². The van der Waals surface area contributed by atoms with E-state index in [1.54, 1.807) is 6.92 Å². The van der Waals surface area contributed by atoms with E-state index in [9.17, 15) is 12.8 Å². The van der Waals surface area contributed by atoms with Crippen molar-refractivity contribution in [3.05, 3.63) is 24.3 Å². The van der Waals surface area contributed by atoms with Crippen LogP contribution in [-0.2, 0) is 10.0 Å². The fraction of sp³-hybridized carbons (Fsp3) is 0.444. The molecule has 0 aliphatic rings. The predicted molar refractivity (Wildman–Crippen MR) is 62.4 cm³/mol. The van der Waals surface area contributed by atoms with E-state index in [2.05, 4.69) is 25.6 Å². The average Bonchev–Trinajstić information content (AvgIpc) is 2.17. The highest BCUT2D eigenvalue weighted by molar-refractivity contribution is 9.09. The van der Waals surface area contributed by atoms with Gasteiger partial charge >= 0.3 is 0 Å². The van der Waals surface area contributed by atoms with Gasteiger partial charge in [-0.2, -0.15) is 0 Å². The third-order valence-corrected chi connectivity index (χ3v) is 3.90. The first kappa shape index (κ1) is 13.5. The summed E-state index contributed by atoms with van der Waals surface area (Å²) in [6.45, 7) is 1.74. The first-order chi connectivity index (χ1) is 7.45. The minimum atomic E-state index is -3.68. The van der Waals surface area contributed by atoms with Gasteiger partial charge in [-0.3, -0.25) is 4.98 Å². The highest BCUT2D eigenvalue weighted by atomic mass is 79.9. The first-order valence-corrected chi connectivity index (χ1v) is 7.25. The Morgan fingerprint density at radius 2 is 2.25 bits per heavy atom. The Morgan fingerprint density at radius 3 is 2.81 bits per heavy atom. The molecule has 0 aliphatic carbocycles. The Hall–Kier alpha value is -0.530. The molecular formula is C9H12BrFN2O2S. The highest BCUT2D eigenvalue weighted by Crippen LogP contribution is 2.10. The van der Waals surface area contributed by atoms with Crippen LogP contribution in [0.15, 0.2) is 23.4 Å². The molecule has 1 unspecified atom stereocenters. The van der Waals surface area contributed by atoms with E-state index in [0.717, 1.165) is 18.5 Å². The largest absolute Gasteiger partial charge is 0.260 e. The molecule has 1 heterocycles. The molecule has 0 aromatic carbocycles. The number of sulfonamides is 1. The van der Waals surface area contributed by atoms with E-state index in [1.165, 1.54) is 0 Å². The Kier molecular flexibility index (Phi) is 4.82. The Morgan fingerprint density at radius 1 is 1.56 bits per heavy atom. The number of rotatable bonds is 5. The maximum atomic E-state index is 12.8. The molecule has 1 rings (SSSR count). The van der Waals surface area contributed by atoms with Crippen molar-refractivity contribution in [2.45, 2.75) is 24.3 Å². The van der Waals surface area contributed by atoms with Gasteiger partial charge in [-0.05, 0) is 19.4 Å². The third kappa shape index (κ3) is 3.80. The minimum absolute atomic E-state index is 0.158. The molecule has 16 heavy (non-hydrogen) atoms. The van der Waals surface area contributed by atoms with Crippen LogP contribution in [0, 0.1) is 5.82 Å². The van der Waals surface area contributed by atoms with Crippen molar-refractivity contribution in [2.75, 3.05) is 5.33 Å². The van der Waals surface area contributed by atoms with Crippen LogP contribution in [-0.4, -0.2) is 24.8 Å². The molecule has 0 saturated heterocycles. The monoisotopic (exact) mass is 310 g/mol. The van der Waals surface area contributed by atoms with Gasteiger partial charge in [0.05, 0.1) is 6.20 Å². The molecule has 7 heteroatoms. The number of hydrogen-bond donors (Lipinski definition) is 1. The number of halogens is 2. The van der Waals surface area contributed by atoms with Crippen LogP contribution in [0.2, 0.25) is 0 Å². The van der Waals surface area contributed by atoms with Gasteiger partial charge in [-0.25, -0.2) is 17.5 Å². The van der Waals surface area contributed by atoms with Crippen molar-refractivity contribution in [1.29, 1.82) is 0 Å². The molecule has 1 aromatic rings.